The normalized spacial score (nSPS) is 7.25. The summed E-state index contributed by atoms with van der Waals surface area (Å²) in [5.74, 6) is 4.85. The lowest BCUT2D eigenvalue weighted by molar-refractivity contribution is 0.782. The summed E-state index contributed by atoms with van der Waals surface area (Å²) < 4.78 is 0. The molecular formula is C8H9. The maximum atomic E-state index is 6.54. The molecule has 0 aromatic heterocycles. The molecule has 0 fully saturated rings. The van der Waals surface area contributed by atoms with Crippen molar-refractivity contribution in [1.82, 2.24) is 0 Å². The van der Waals surface area contributed by atoms with Crippen molar-refractivity contribution in [2.24, 2.45) is 0 Å². The number of hydrogen-bond acceptors (Lipinski definition) is 0. The lowest BCUT2D eigenvalue weighted by Crippen LogP contribution is -1.70. The topological polar surface area (TPSA) is 0 Å². The van der Waals surface area contributed by atoms with Gasteiger partial charge in [0.2, 0.25) is 0 Å². The van der Waals surface area contributed by atoms with Gasteiger partial charge in [-0.2, -0.15) is 0 Å². The van der Waals surface area contributed by atoms with E-state index in [1.165, 1.54) is 0 Å². The maximum absolute atomic E-state index is 6.54. The van der Waals surface area contributed by atoms with Crippen molar-refractivity contribution in [3.05, 3.63) is 6.42 Å². The van der Waals surface area contributed by atoms with Gasteiger partial charge in [-0.15, -0.1) is 12.3 Å². The minimum absolute atomic E-state index is 0.752. The summed E-state index contributed by atoms with van der Waals surface area (Å²) in [5, 5.41) is 0. The van der Waals surface area contributed by atoms with Crippen LogP contribution in [-0.2, 0) is 0 Å². The standard InChI is InChI=1S/C8H9/c1-3-5-7-8-6-4-2/h1H,5-8H2. The minimum Gasteiger partial charge on any atom is -0.120 e. The van der Waals surface area contributed by atoms with Gasteiger partial charge in [-0.05, 0) is 19.3 Å². The molecule has 0 amide bonds. The van der Waals surface area contributed by atoms with Crippen LogP contribution >= 0.6 is 0 Å². The van der Waals surface area contributed by atoms with Crippen LogP contribution in [0.3, 0.4) is 0 Å². The Balaban J connectivity index is 2.77. The molecule has 0 unspecified atom stereocenters. The van der Waals surface area contributed by atoms with Crippen LogP contribution in [-0.4, -0.2) is 0 Å². The Morgan fingerprint density at radius 3 is 2.38 bits per heavy atom. The van der Waals surface area contributed by atoms with Gasteiger partial charge < -0.3 is 0 Å². The van der Waals surface area contributed by atoms with E-state index in [2.05, 4.69) is 11.8 Å². The second-order valence-corrected chi connectivity index (χ2v) is 1.59. The quantitative estimate of drug-likeness (QED) is 0.379. The third kappa shape index (κ3) is 5.12. The van der Waals surface area contributed by atoms with Crippen LogP contribution in [0.15, 0.2) is 0 Å². The molecule has 0 aromatic carbocycles. The molecule has 0 aliphatic carbocycles. The first-order valence-electron chi connectivity index (χ1n) is 2.75. The summed E-state index contributed by atoms with van der Waals surface area (Å²) in [4.78, 5) is 0. The Kier molecular flexibility index (Phi) is 5.45. The SMILES string of the molecule is [C]#CCCCCC#C. The first-order valence-corrected chi connectivity index (χ1v) is 2.75. The van der Waals surface area contributed by atoms with Crippen molar-refractivity contribution in [1.29, 1.82) is 0 Å². The van der Waals surface area contributed by atoms with Gasteiger partial charge >= 0.3 is 0 Å². The van der Waals surface area contributed by atoms with Crippen molar-refractivity contribution in [2.45, 2.75) is 25.7 Å². The first-order chi connectivity index (χ1) is 3.91. The molecule has 0 spiro atoms. The number of unbranched alkanes of at least 4 members (excludes halogenated alkanes) is 3. The van der Waals surface area contributed by atoms with E-state index < -0.39 is 0 Å². The lowest BCUT2D eigenvalue weighted by atomic mass is 10.2. The minimum atomic E-state index is 0.752. The fourth-order valence-electron chi connectivity index (χ4n) is 0.440. The van der Waals surface area contributed by atoms with Gasteiger partial charge in [0.1, 0.15) is 0 Å². The predicted molar refractivity (Wildman–Crippen MR) is 34.4 cm³/mol. The zero-order valence-corrected chi connectivity index (χ0v) is 4.91. The summed E-state index contributed by atoms with van der Waals surface area (Å²) in [5.41, 5.74) is 0. The molecule has 0 atom stereocenters. The molecule has 0 saturated heterocycles. The molecule has 0 aliphatic rings. The van der Waals surface area contributed by atoms with Gasteiger partial charge in [0, 0.05) is 12.8 Å². The molecule has 0 rings (SSSR count). The average molecular weight is 105 g/mol. The Morgan fingerprint density at radius 2 is 1.88 bits per heavy atom. The summed E-state index contributed by atoms with van der Waals surface area (Å²) in [6, 6.07) is 0. The lowest BCUT2D eigenvalue weighted by Gasteiger charge is -1.85. The van der Waals surface area contributed by atoms with Gasteiger partial charge in [0.25, 0.3) is 0 Å². The van der Waals surface area contributed by atoms with Crippen LogP contribution in [0.2, 0.25) is 0 Å². The third-order valence-electron chi connectivity index (χ3n) is 0.873. The molecule has 8 heavy (non-hydrogen) atoms. The highest BCUT2D eigenvalue weighted by Crippen LogP contribution is 1.95. The van der Waals surface area contributed by atoms with Gasteiger partial charge in [-0.25, -0.2) is 0 Å². The largest absolute Gasteiger partial charge is 0.120 e. The average Bonchev–Trinajstić information content (AvgIpc) is 1.81. The van der Waals surface area contributed by atoms with E-state index in [9.17, 15) is 0 Å². The van der Waals surface area contributed by atoms with E-state index in [4.69, 9.17) is 12.8 Å². The molecule has 0 aliphatic heterocycles. The Hall–Kier alpha value is -0.880. The van der Waals surface area contributed by atoms with Crippen LogP contribution < -0.4 is 0 Å². The zero-order chi connectivity index (χ0) is 6.24. The molecule has 0 heterocycles. The van der Waals surface area contributed by atoms with E-state index in [0.717, 1.165) is 25.7 Å². The van der Waals surface area contributed by atoms with Crippen LogP contribution in [0, 0.1) is 24.7 Å². The van der Waals surface area contributed by atoms with Crippen LogP contribution in [0.1, 0.15) is 25.7 Å². The van der Waals surface area contributed by atoms with Gasteiger partial charge in [-0.3, -0.25) is 0 Å². The Bertz CT molecular complexity index is 93.0. The summed E-state index contributed by atoms with van der Waals surface area (Å²) in [6.45, 7) is 0. The summed E-state index contributed by atoms with van der Waals surface area (Å²) in [6.07, 6.45) is 15.2. The third-order valence-corrected chi connectivity index (χ3v) is 0.873. The maximum Gasteiger partial charge on any atom is 0.00992 e. The highest BCUT2D eigenvalue weighted by Gasteiger charge is 1.80. The van der Waals surface area contributed by atoms with Gasteiger partial charge in [-0.1, -0.05) is 5.92 Å². The molecular weight excluding hydrogens is 96.1 g/mol. The van der Waals surface area contributed by atoms with E-state index >= 15 is 0 Å². The van der Waals surface area contributed by atoms with Gasteiger partial charge in [0.05, 0.1) is 0 Å². The van der Waals surface area contributed by atoms with E-state index in [-0.39, 0.29) is 0 Å². The van der Waals surface area contributed by atoms with Crippen LogP contribution in [0.25, 0.3) is 0 Å². The molecule has 0 N–H and O–H groups in total. The first kappa shape index (κ1) is 7.12. The second-order valence-electron chi connectivity index (χ2n) is 1.59. The molecule has 0 heteroatoms. The molecule has 0 aromatic rings. The van der Waals surface area contributed by atoms with E-state index in [1.807, 2.05) is 0 Å². The molecule has 41 valence electrons. The fourth-order valence-corrected chi connectivity index (χ4v) is 0.440. The highest BCUT2D eigenvalue weighted by atomic mass is 13.8. The summed E-state index contributed by atoms with van der Waals surface area (Å²) in [7, 11) is 0. The van der Waals surface area contributed by atoms with Crippen molar-refractivity contribution in [2.75, 3.05) is 0 Å². The van der Waals surface area contributed by atoms with E-state index in [0.29, 0.717) is 0 Å². The molecule has 0 bridgehead atoms. The van der Waals surface area contributed by atoms with Crippen molar-refractivity contribution >= 4 is 0 Å². The number of rotatable bonds is 3. The summed E-state index contributed by atoms with van der Waals surface area (Å²) >= 11 is 0. The van der Waals surface area contributed by atoms with E-state index in [1.54, 1.807) is 0 Å². The fraction of sp³-hybridized carbons (Fsp3) is 0.500. The monoisotopic (exact) mass is 105 g/mol. The van der Waals surface area contributed by atoms with Crippen molar-refractivity contribution in [3.63, 3.8) is 0 Å². The van der Waals surface area contributed by atoms with Crippen molar-refractivity contribution in [3.8, 4) is 18.3 Å². The Labute approximate surface area is 51.3 Å². The Morgan fingerprint density at radius 1 is 1.25 bits per heavy atom. The van der Waals surface area contributed by atoms with Crippen LogP contribution in [0.5, 0.6) is 0 Å². The second kappa shape index (κ2) is 6.12. The molecule has 0 nitrogen and oxygen atoms in total. The molecule has 1 radical (unpaired) electrons. The number of terminal acetylenes is 1. The number of hydrogen-bond donors (Lipinski definition) is 0. The van der Waals surface area contributed by atoms with Crippen LogP contribution in [0.4, 0.5) is 0 Å². The predicted octanol–water partition coefficient (Wildman–Crippen LogP) is 1.77. The highest BCUT2D eigenvalue weighted by molar-refractivity contribution is 4.84. The molecule has 0 saturated carbocycles. The smallest absolute Gasteiger partial charge is 0.00992 e. The van der Waals surface area contributed by atoms with Crippen molar-refractivity contribution < 1.29 is 0 Å². The van der Waals surface area contributed by atoms with Gasteiger partial charge in [0.15, 0.2) is 0 Å². The zero-order valence-electron chi connectivity index (χ0n) is 4.91.